The van der Waals surface area contributed by atoms with E-state index in [4.69, 9.17) is 19.8 Å². The van der Waals surface area contributed by atoms with Gasteiger partial charge in [0.25, 0.3) is 0 Å². The van der Waals surface area contributed by atoms with E-state index in [1.165, 1.54) is 7.11 Å². The SMILES string of the molecule is COC(=O)C1(Cc2cc(-c3ccccc3)on2)CC(c2ccccc2N)=NO1. The molecule has 2 aromatic carbocycles. The molecule has 0 amide bonds. The summed E-state index contributed by atoms with van der Waals surface area (Å²) < 4.78 is 10.4. The monoisotopic (exact) mass is 377 g/mol. The molecule has 3 aromatic rings. The topological polar surface area (TPSA) is 99.9 Å². The van der Waals surface area contributed by atoms with E-state index in [1.54, 1.807) is 12.1 Å². The number of carbonyl (C=O) groups excluding carboxylic acids is 1. The molecule has 1 unspecified atom stereocenters. The number of nitrogens with zero attached hydrogens (tertiary/aromatic N) is 2. The number of aromatic nitrogens is 1. The van der Waals surface area contributed by atoms with Gasteiger partial charge in [0.15, 0.2) is 5.76 Å². The number of oxime groups is 1. The minimum atomic E-state index is -1.31. The zero-order valence-corrected chi connectivity index (χ0v) is 15.3. The largest absolute Gasteiger partial charge is 0.466 e. The molecule has 1 aliphatic heterocycles. The lowest BCUT2D eigenvalue weighted by atomic mass is 9.89. The van der Waals surface area contributed by atoms with Crippen LogP contribution < -0.4 is 5.73 Å². The number of ether oxygens (including phenoxy) is 1. The van der Waals surface area contributed by atoms with E-state index in [2.05, 4.69) is 10.3 Å². The molecule has 28 heavy (non-hydrogen) atoms. The Morgan fingerprint density at radius 1 is 1.18 bits per heavy atom. The van der Waals surface area contributed by atoms with Crippen LogP contribution >= 0.6 is 0 Å². The fourth-order valence-corrected chi connectivity index (χ4v) is 3.27. The van der Waals surface area contributed by atoms with E-state index < -0.39 is 11.6 Å². The Kier molecular flexibility index (Phi) is 4.57. The second kappa shape index (κ2) is 7.19. The van der Waals surface area contributed by atoms with E-state index in [9.17, 15) is 4.79 Å². The number of hydrogen-bond donors (Lipinski definition) is 1. The Bertz CT molecular complexity index is 1030. The van der Waals surface area contributed by atoms with Crippen molar-refractivity contribution >= 4 is 17.4 Å². The van der Waals surface area contributed by atoms with Crippen LogP contribution in [-0.2, 0) is 20.8 Å². The van der Waals surface area contributed by atoms with Gasteiger partial charge in [0.1, 0.15) is 0 Å². The minimum absolute atomic E-state index is 0.162. The maximum Gasteiger partial charge on any atom is 0.353 e. The lowest BCUT2D eigenvalue weighted by Gasteiger charge is -2.22. The molecule has 0 fully saturated rings. The molecule has 142 valence electrons. The summed E-state index contributed by atoms with van der Waals surface area (Å²) in [5.74, 6) is 0.0899. The van der Waals surface area contributed by atoms with Gasteiger partial charge in [-0.3, -0.25) is 0 Å². The van der Waals surface area contributed by atoms with Crippen molar-refractivity contribution in [1.82, 2.24) is 5.16 Å². The number of hydrogen-bond acceptors (Lipinski definition) is 7. The average Bonchev–Trinajstić information content (AvgIpc) is 3.37. The van der Waals surface area contributed by atoms with Crippen LogP contribution in [0.2, 0.25) is 0 Å². The van der Waals surface area contributed by atoms with Gasteiger partial charge in [0.05, 0.1) is 18.5 Å². The van der Waals surface area contributed by atoms with Crippen LogP contribution in [-0.4, -0.2) is 29.5 Å². The van der Waals surface area contributed by atoms with Crippen LogP contribution in [0.3, 0.4) is 0 Å². The van der Waals surface area contributed by atoms with Crippen LogP contribution in [0, 0.1) is 0 Å². The zero-order valence-electron chi connectivity index (χ0n) is 15.3. The van der Waals surface area contributed by atoms with Crippen molar-refractivity contribution in [3.63, 3.8) is 0 Å². The highest BCUT2D eigenvalue weighted by Crippen LogP contribution is 2.33. The molecule has 2 N–H and O–H groups in total. The van der Waals surface area contributed by atoms with E-state index in [0.717, 1.165) is 11.1 Å². The van der Waals surface area contributed by atoms with Gasteiger partial charge >= 0.3 is 5.97 Å². The summed E-state index contributed by atoms with van der Waals surface area (Å²) in [5.41, 5.74) is 8.09. The Labute approximate surface area is 161 Å². The molecule has 0 bridgehead atoms. The average molecular weight is 377 g/mol. The molecule has 7 heteroatoms. The summed E-state index contributed by atoms with van der Waals surface area (Å²) >= 11 is 0. The van der Waals surface area contributed by atoms with Crippen LogP contribution in [0.1, 0.15) is 17.7 Å². The van der Waals surface area contributed by atoms with Crippen molar-refractivity contribution in [1.29, 1.82) is 0 Å². The molecule has 0 saturated carbocycles. The molecule has 1 aromatic heterocycles. The second-order valence-electron chi connectivity index (χ2n) is 6.60. The van der Waals surface area contributed by atoms with Gasteiger partial charge in [0.2, 0.25) is 5.60 Å². The molecule has 0 aliphatic carbocycles. The Hall–Kier alpha value is -3.61. The smallest absolute Gasteiger partial charge is 0.353 e. The Morgan fingerprint density at radius 2 is 1.93 bits per heavy atom. The lowest BCUT2D eigenvalue weighted by Crippen LogP contribution is -2.42. The first-order valence-corrected chi connectivity index (χ1v) is 8.81. The molecule has 0 spiro atoms. The third kappa shape index (κ3) is 3.22. The molecule has 0 saturated heterocycles. The third-order valence-corrected chi connectivity index (χ3v) is 4.70. The number of nitrogen functional groups attached to an aromatic ring is 1. The van der Waals surface area contributed by atoms with Crippen LogP contribution in [0.5, 0.6) is 0 Å². The fraction of sp³-hybridized carbons (Fsp3) is 0.190. The van der Waals surface area contributed by atoms with Crippen molar-refractivity contribution in [3.8, 4) is 11.3 Å². The van der Waals surface area contributed by atoms with Crippen molar-refractivity contribution in [2.45, 2.75) is 18.4 Å². The summed E-state index contributed by atoms with van der Waals surface area (Å²) in [4.78, 5) is 18.2. The summed E-state index contributed by atoms with van der Waals surface area (Å²) in [6.07, 6.45) is 0.386. The molecule has 2 heterocycles. The van der Waals surface area contributed by atoms with Gasteiger partial charge in [-0.05, 0) is 6.07 Å². The number of rotatable bonds is 5. The number of anilines is 1. The molecular weight excluding hydrogens is 358 g/mol. The number of benzene rings is 2. The van der Waals surface area contributed by atoms with Crippen molar-refractivity contribution < 1.29 is 18.9 Å². The molecule has 7 nitrogen and oxygen atoms in total. The first-order chi connectivity index (χ1) is 13.6. The van der Waals surface area contributed by atoms with E-state index in [-0.39, 0.29) is 12.8 Å². The summed E-state index contributed by atoms with van der Waals surface area (Å²) in [7, 11) is 1.32. The zero-order chi connectivity index (χ0) is 19.6. The van der Waals surface area contributed by atoms with E-state index >= 15 is 0 Å². The highest BCUT2D eigenvalue weighted by Gasteiger charge is 2.49. The normalized spacial score (nSPS) is 18.4. The predicted molar refractivity (Wildman–Crippen MR) is 103 cm³/mol. The van der Waals surface area contributed by atoms with Crippen LogP contribution in [0.15, 0.2) is 70.3 Å². The number of methoxy groups -OCH3 is 1. The fourth-order valence-electron chi connectivity index (χ4n) is 3.27. The molecule has 1 aliphatic rings. The van der Waals surface area contributed by atoms with Crippen LogP contribution in [0.4, 0.5) is 5.69 Å². The maximum atomic E-state index is 12.6. The first kappa shape index (κ1) is 17.8. The second-order valence-corrected chi connectivity index (χ2v) is 6.60. The van der Waals surface area contributed by atoms with Crippen LogP contribution in [0.25, 0.3) is 11.3 Å². The molecule has 0 radical (unpaired) electrons. The molecule has 1 atom stereocenters. The third-order valence-electron chi connectivity index (χ3n) is 4.70. The van der Waals surface area contributed by atoms with Gasteiger partial charge in [-0.2, -0.15) is 0 Å². The molecule has 4 rings (SSSR count). The van der Waals surface area contributed by atoms with E-state index in [1.807, 2.05) is 48.5 Å². The summed E-state index contributed by atoms with van der Waals surface area (Å²) in [6, 6.07) is 18.7. The summed E-state index contributed by atoms with van der Waals surface area (Å²) in [6.45, 7) is 0. The number of para-hydroxylation sites is 1. The van der Waals surface area contributed by atoms with Crippen molar-refractivity contribution in [2.24, 2.45) is 5.16 Å². The standard InChI is InChI=1S/C21H19N3O4/c1-26-20(25)21(13-18(24-28-21)16-9-5-6-10-17(16)22)12-15-11-19(27-23-15)14-7-3-2-4-8-14/h2-11H,12-13,22H2,1H3. The number of esters is 1. The maximum absolute atomic E-state index is 12.6. The van der Waals surface area contributed by atoms with Gasteiger partial charge in [-0.25, -0.2) is 4.79 Å². The van der Waals surface area contributed by atoms with Gasteiger partial charge in [-0.15, -0.1) is 0 Å². The predicted octanol–water partition coefficient (Wildman–Crippen LogP) is 3.20. The highest BCUT2D eigenvalue weighted by molar-refractivity contribution is 6.08. The van der Waals surface area contributed by atoms with Crippen molar-refractivity contribution in [2.75, 3.05) is 12.8 Å². The van der Waals surface area contributed by atoms with Gasteiger partial charge in [0, 0.05) is 35.7 Å². The summed E-state index contributed by atoms with van der Waals surface area (Å²) in [5, 5.41) is 8.22. The van der Waals surface area contributed by atoms with Gasteiger partial charge in [-0.1, -0.05) is 58.8 Å². The first-order valence-electron chi connectivity index (χ1n) is 8.81. The molecular formula is C21H19N3O4. The quantitative estimate of drug-likeness (QED) is 0.541. The number of carbonyl (C=O) groups is 1. The Balaban J connectivity index is 1.60. The van der Waals surface area contributed by atoms with E-state index in [0.29, 0.717) is 22.9 Å². The van der Waals surface area contributed by atoms with Crippen molar-refractivity contribution in [3.05, 3.63) is 71.9 Å². The Morgan fingerprint density at radius 3 is 2.68 bits per heavy atom. The van der Waals surface area contributed by atoms with Gasteiger partial charge < -0.3 is 19.8 Å². The number of nitrogens with two attached hydrogens (primary N) is 1. The lowest BCUT2D eigenvalue weighted by molar-refractivity contribution is -0.166. The minimum Gasteiger partial charge on any atom is -0.466 e. The highest BCUT2D eigenvalue weighted by atomic mass is 16.7.